The summed E-state index contributed by atoms with van der Waals surface area (Å²) >= 11 is 0. The molecule has 0 spiro atoms. The second-order valence-corrected chi connectivity index (χ2v) is 9.90. The predicted molar refractivity (Wildman–Crippen MR) is 130 cm³/mol. The summed E-state index contributed by atoms with van der Waals surface area (Å²) in [6, 6.07) is 10.2. The molecule has 0 bridgehead atoms. The van der Waals surface area contributed by atoms with Gasteiger partial charge in [-0.25, -0.2) is 8.42 Å². The molecule has 8 nitrogen and oxygen atoms in total. The van der Waals surface area contributed by atoms with Crippen LogP contribution in [0.5, 0.6) is 17.2 Å². The largest absolute Gasteiger partial charge is 0.490 e. The van der Waals surface area contributed by atoms with Gasteiger partial charge in [0.25, 0.3) is 5.91 Å². The topological polar surface area (TPSA) is 85.4 Å². The summed E-state index contributed by atoms with van der Waals surface area (Å²) in [5, 5.41) is 0. The van der Waals surface area contributed by atoms with Gasteiger partial charge in [0.05, 0.1) is 24.7 Å². The van der Waals surface area contributed by atoms with E-state index < -0.39 is 10.0 Å². The van der Waals surface area contributed by atoms with Gasteiger partial charge in [-0.3, -0.25) is 4.79 Å². The summed E-state index contributed by atoms with van der Waals surface area (Å²) in [4.78, 5) is 15.4. The number of aryl methyl sites for hydroxylation is 1. The molecule has 9 heteroatoms. The van der Waals surface area contributed by atoms with Crippen molar-refractivity contribution >= 4 is 15.9 Å². The molecule has 34 heavy (non-hydrogen) atoms. The SMILES string of the molecule is CCOc1cc(C(=O)N2CCCN(S(=O)(=O)c3ccc(C)cc3)CC2)cc(OCC)c1OCC. The second kappa shape index (κ2) is 11.6. The molecular weight excluding hydrogens is 456 g/mol. The van der Waals surface area contributed by atoms with Crippen molar-refractivity contribution < 1.29 is 27.4 Å². The quantitative estimate of drug-likeness (QED) is 0.533. The Kier molecular flexibility index (Phi) is 8.79. The van der Waals surface area contributed by atoms with Crippen molar-refractivity contribution in [2.24, 2.45) is 0 Å². The number of ether oxygens (including phenoxy) is 3. The first kappa shape index (κ1) is 25.8. The number of hydrogen-bond donors (Lipinski definition) is 0. The maximum atomic E-state index is 13.4. The first-order valence-corrected chi connectivity index (χ1v) is 13.2. The summed E-state index contributed by atoms with van der Waals surface area (Å²) in [6.07, 6.45) is 0.546. The number of nitrogens with zero attached hydrogens (tertiary/aromatic N) is 2. The van der Waals surface area contributed by atoms with Crippen molar-refractivity contribution in [3.05, 3.63) is 47.5 Å². The molecule has 0 N–H and O–H groups in total. The van der Waals surface area contributed by atoms with Crippen LogP contribution in [0.15, 0.2) is 41.3 Å². The minimum absolute atomic E-state index is 0.195. The number of carbonyl (C=O) groups excluding carboxylic acids is 1. The van der Waals surface area contributed by atoms with Crippen LogP contribution in [0.2, 0.25) is 0 Å². The molecule has 1 aliphatic rings. The molecule has 2 aromatic rings. The van der Waals surface area contributed by atoms with Crippen molar-refractivity contribution in [3.8, 4) is 17.2 Å². The lowest BCUT2D eigenvalue weighted by molar-refractivity contribution is 0.0763. The number of rotatable bonds is 9. The molecule has 0 radical (unpaired) electrons. The summed E-state index contributed by atoms with van der Waals surface area (Å²) in [6.45, 7) is 10.1. The van der Waals surface area contributed by atoms with Gasteiger partial charge in [-0.1, -0.05) is 17.7 Å². The van der Waals surface area contributed by atoms with E-state index in [1.165, 1.54) is 4.31 Å². The molecule has 1 amide bonds. The van der Waals surface area contributed by atoms with Crippen LogP contribution in [0, 0.1) is 6.92 Å². The van der Waals surface area contributed by atoms with Gasteiger partial charge >= 0.3 is 0 Å². The highest BCUT2D eigenvalue weighted by Crippen LogP contribution is 2.39. The number of amides is 1. The molecule has 0 aliphatic carbocycles. The number of carbonyl (C=O) groups is 1. The first-order valence-electron chi connectivity index (χ1n) is 11.7. The third kappa shape index (κ3) is 5.82. The number of sulfonamides is 1. The van der Waals surface area contributed by atoms with E-state index in [-0.39, 0.29) is 17.3 Å². The van der Waals surface area contributed by atoms with E-state index in [1.807, 2.05) is 27.7 Å². The van der Waals surface area contributed by atoms with Gasteiger partial charge in [-0.2, -0.15) is 4.31 Å². The van der Waals surface area contributed by atoms with Gasteiger partial charge in [0.1, 0.15) is 0 Å². The highest BCUT2D eigenvalue weighted by atomic mass is 32.2. The zero-order chi connectivity index (χ0) is 24.7. The normalized spacial score (nSPS) is 15.0. The van der Waals surface area contributed by atoms with Crippen LogP contribution in [0.1, 0.15) is 43.1 Å². The molecule has 2 aromatic carbocycles. The Bertz CT molecular complexity index is 1060. The molecule has 0 atom stereocenters. The molecule has 0 unspecified atom stereocenters. The van der Waals surface area contributed by atoms with E-state index in [1.54, 1.807) is 41.3 Å². The number of hydrogen-bond acceptors (Lipinski definition) is 6. The second-order valence-electron chi connectivity index (χ2n) is 7.96. The molecule has 0 saturated carbocycles. The van der Waals surface area contributed by atoms with Crippen LogP contribution in [-0.2, 0) is 10.0 Å². The Labute approximate surface area is 202 Å². The van der Waals surface area contributed by atoms with Crippen molar-refractivity contribution in [1.29, 1.82) is 0 Å². The van der Waals surface area contributed by atoms with E-state index in [4.69, 9.17) is 14.2 Å². The van der Waals surface area contributed by atoms with Gasteiger partial charge in [-0.15, -0.1) is 0 Å². The summed E-state index contributed by atoms with van der Waals surface area (Å²) < 4.78 is 44.9. The Hall–Kier alpha value is -2.78. The van der Waals surface area contributed by atoms with Crippen molar-refractivity contribution in [3.63, 3.8) is 0 Å². The van der Waals surface area contributed by atoms with Gasteiger partial charge in [0, 0.05) is 31.7 Å². The fraction of sp³-hybridized carbons (Fsp3) is 0.480. The molecule has 1 fully saturated rings. The summed E-state index contributed by atoms with van der Waals surface area (Å²) in [7, 11) is -3.62. The summed E-state index contributed by atoms with van der Waals surface area (Å²) in [5.74, 6) is 1.20. The van der Waals surface area contributed by atoms with Crippen LogP contribution in [-0.4, -0.2) is 69.5 Å². The van der Waals surface area contributed by atoms with Crippen LogP contribution in [0.3, 0.4) is 0 Å². The minimum Gasteiger partial charge on any atom is -0.490 e. The van der Waals surface area contributed by atoms with E-state index >= 15 is 0 Å². The van der Waals surface area contributed by atoms with Gasteiger partial charge in [0.2, 0.25) is 15.8 Å². The Morgan fingerprint density at radius 2 is 1.44 bits per heavy atom. The van der Waals surface area contributed by atoms with Crippen LogP contribution in [0.25, 0.3) is 0 Å². The Balaban J connectivity index is 1.82. The first-order chi connectivity index (χ1) is 16.3. The smallest absolute Gasteiger partial charge is 0.254 e. The van der Waals surface area contributed by atoms with Crippen LogP contribution >= 0.6 is 0 Å². The average molecular weight is 491 g/mol. The molecule has 186 valence electrons. The van der Waals surface area contributed by atoms with Crippen LogP contribution in [0.4, 0.5) is 0 Å². The van der Waals surface area contributed by atoms with Gasteiger partial charge in [0.15, 0.2) is 11.5 Å². The molecule has 1 aliphatic heterocycles. The van der Waals surface area contributed by atoms with Crippen LogP contribution < -0.4 is 14.2 Å². The Morgan fingerprint density at radius 1 is 0.853 bits per heavy atom. The maximum absolute atomic E-state index is 13.4. The highest BCUT2D eigenvalue weighted by molar-refractivity contribution is 7.89. The molecule has 3 rings (SSSR count). The minimum atomic E-state index is -3.62. The fourth-order valence-corrected chi connectivity index (χ4v) is 5.36. The third-order valence-corrected chi connectivity index (χ3v) is 7.47. The third-order valence-electron chi connectivity index (χ3n) is 5.56. The standard InChI is InChI=1S/C25H34N2O6S/c1-5-31-22-17-20(18-23(32-6-2)24(22)33-7-3)25(28)26-13-8-14-27(16-15-26)34(29,30)21-11-9-19(4)10-12-21/h9-12,17-18H,5-8,13-16H2,1-4H3. The van der Waals surface area contributed by atoms with E-state index in [2.05, 4.69) is 0 Å². The van der Waals surface area contributed by atoms with Crippen molar-refractivity contribution in [1.82, 2.24) is 9.21 Å². The van der Waals surface area contributed by atoms with Crippen molar-refractivity contribution in [2.45, 2.75) is 39.0 Å². The number of benzene rings is 2. The maximum Gasteiger partial charge on any atom is 0.254 e. The Morgan fingerprint density at radius 3 is 2.00 bits per heavy atom. The van der Waals surface area contributed by atoms with E-state index in [0.29, 0.717) is 68.7 Å². The van der Waals surface area contributed by atoms with E-state index in [9.17, 15) is 13.2 Å². The van der Waals surface area contributed by atoms with E-state index in [0.717, 1.165) is 5.56 Å². The lowest BCUT2D eigenvalue weighted by Gasteiger charge is -2.23. The highest BCUT2D eigenvalue weighted by Gasteiger charge is 2.29. The molecular formula is C25H34N2O6S. The zero-order valence-corrected chi connectivity index (χ0v) is 21.2. The van der Waals surface area contributed by atoms with Crippen molar-refractivity contribution in [2.75, 3.05) is 46.0 Å². The van der Waals surface area contributed by atoms with Gasteiger partial charge in [-0.05, 0) is 58.4 Å². The zero-order valence-electron chi connectivity index (χ0n) is 20.4. The van der Waals surface area contributed by atoms with Gasteiger partial charge < -0.3 is 19.1 Å². The average Bonchev–Trinajstić information content (AvgIpc) is 3.08. The molecule has 0 aromatic heterocycles. The lowest BCUT2D eigenvalue weighted by atomic mass is 10.1. The molecule has 1 saturated heterocycles. The fourth-order valence-electron chi connectivity index (χ4n) is 3.89. The monoisotopic (exact) mass is 490 g/mol. The predicted octanol–water partition coefficient (Wildman–Crippen LogP) is 3.73. The summed E-state index contributed by atoms with van der Waals surface area (Å²) in [5.41, 5.74) is 1.42. The molecule has 1 heterocycles. The lowest BCUT2D eigenvalue weighted by Crippen LogP contribution is -2.37.